The molecule has 1 aliphatic heterocycles. The second kappa shape index (κ2) is 10.8. The number of ether oxygens (including phenoxy) is 2. The van der Waals surface area contributed by atoms with Crippen molar-refractivity contribution in [1.29, 1.82) is 0 Å². The number of hydrogen-bond acceptors (Lipinski definition) is 6. The van der Waals surface area contributed by atoms with Gasteiger partial charge >= 0.3 is 0 Å². The number of nitrogen functional groups attached to an aromatic ring is 1. The zero-order chi connectivity index (χ0) is 26.1. The standard InChI is InChI=1S/C27H26Cl3N5O2/c1-3-10-34-11-4-5-17(14-34)25-24(30)23(26-27(31)32-15-33-35(25)26)16-6-9-21(22(12-16)36-2)37-18-7-8-19(28)20(29)13-18/h3,6-9,12-13,15,17H,1,4-5,10-11,14H2,2H3,(H2,31,32,33). The van der Waals surface area contributed by atoms with Crippen molar-refractivity contribution in [1.82, 2.24) is 19.5 Å². The molecule has 1 saturated heterocycles. The molecule has 0 saturated carbocycles. The van der Waals surface area contributed by atoms with Crippen molar-refractivity contribution in [2.24, 2.45) is 0 Å². The molecule has 5 rings (SSSR count). The Morgan fingerprint density at radius 2 is 1.97 bits per heavy atom. The smallest absolute Gasteiger partial charge is 0.169 e. The summed E-state index contributed by atoms with van der Waals surface area (Å²) in [5.74, 6) is 2.11. The number of halogens is 3. The fourth-order valence-electron chi connectivity index (χ4n) is 4.93. The number of fused-ring (bicyclic) bond motifs is 1. The molecule has 2 aromatic carbocycles. The molecule has 1 aliphatic rings. The molecule has 1 atom stereocenters. The van der Waals surface area contributed by atoms with Gasteiger partial charge in [-0.25, -0.2) is 9.50 Å². The summed E-state index contributed by atoms with van der Waals surface area (Å²) in [4.78, 5) is 6.63. The number of hydrogen-bond donors (Lipinski definition) is 1. The van der Waals surface area contributed by atoms with Crippen LogP contribution in [0.25, 0.3) is 16.6 Å². The number of aromatic nitrogens is 3. The maximum Gasteiger partial charge on any atom is 0.169 e. The van der Waals surface area contributed by atoms with Crippen LogP contribution in [0.3, 0.4) is 0 Å². The van der Waals surface area contributed by atoms with Gasteiger partial charge in [0.15, 0.2) is 17.3 Å². The summed E-state index contributed by atoms with van der Waals surface area (Å²) in [7, 11) is 1.58. The van der Waals surface area contributed by atoms with E-state index in [2.05, 4.69) is 21.6 Å². The van der Waals surface area contributed by atoms with E-state index in [0.29, 0.717) is 43.7 Å². The quantitative estimate of drug-likeness (QED) is 0.244. The number of likely N-dealkylation sites (tertiary alicyclic amines) is 1. The van der Waals surface area contributed by atoms with Crippen molar-refractivity contribution >= 4 is 46.1 Å². The Morgan fingerprint density at radius 3 is 2.73 bits per heavy atom. The van der Waals surface area contributed by atoms with Crippen molar-refractivity contribution in [2.45, 2.75) is 18.8 Å². The Labute approximate surface area is 230 Å². The summed E-state index contributed by atoms with van der Waals surface area (Å²) in [5, 5.41) is 6.01. The molecule has 10 heteroatoms. The van der Waals surface area contributed by atoms with Crippen LogP contribution in [-0.2, 0) is 0 Å². The third-order valence-electron chi connectivity index (χ3n) is 6.58. The number of nitrogens with two attached hydrogens (primary N) is 1. The van der Waals surface area contributed by atoms with E-state index < -0.39 is 0 Å². The second-order valence-corrected chi connectivity index (χ2v) is 10.1. The monoisotopic (exact) mass is 557 g/mol. The Bertz CT molecular complexity index is 1470. The van der Waals surface area contributed by atoms with Gasteiger partial charge in [0.05, 0.1) is 27.9 Å². The molecule has 192 valence electrons. The van der Waals surface area contributed by atoms with Crippen LogP contribution in [0.2, 0.25) is 15.1 Å². The van der Waals surface area contributed by atoms with Crippen molar-refractivity contribution in [2.75, 3.05) is 32.5 Å². The molecule has 0 amide bonds. The van der Waals surface area contributed by atoms with Crippen LogP contribution in [0, 0.1) is 0 Å². The average molecular weight is 559 g/mol. The van der Waals surface area contributed by atoms with Gasteiger partial charge in [-0.3, -0.25) is 4.90 Å². The zero-order valence-electron chi connectivity index (χ0n) is 20.3. The Kier molecular flexibility index (Phi) is 7.49. The van der Waals surface area contributed by atoms with Gasteiger partial charge in [-0.1, -0.05) is 46.9 Å². The third-order valence-corrected chi connectivity index (χ3v) is 7.70. The Hall–Kier alpha value is -2.97. The summed E-state index contributed by atoms with van der Waals surface area (Å²) in [6, 6.07) is 10.7. The summed E-state index contributed by atoms with van der Waals surface area (Å²) in [6.45, 7) is 6.62. The first-order valence-electron chi connectivity index (χ1n) is 11.9. The van der Waals surface area contributed by atoms with Gasteiger partial charge in [0.1, 0.15) is 17.6 Å². The molecule has 0 bridgehead atoms. The molecule has 7 nitrogen and oxygen atoms in total. The molecular weight excluding hydrogens is 533 g/mol. The molecule has 2 aromatic heterocycles. The van der Waals surface area contributed by atoms with E-state index in [4.69, 9.17) is 50.0 Å². The number of rotatable bonds is 7. The van der Waals surface area contributed by atoms with Gasteiger partial charge in [0.2, 0.25) is 0 Å². The summed E-state index contributed by atoms with van der Waals surface area (Å²) < 4.78 is 13.5. The lowest BCUT2D eigenvalue weighted by molar-refractivity contribution is 0.225. The van der Waals surface area contributed by atoms with Gasteiger partial charge in [-0.15, -0.1) is 6.58 Å². The largest absolute Gasteiger partial charge is 0.493 e. The maximum atomic E-state index is 7.13. The topological polar surface area (TPSA) is 77.9 Å². The highest BCUT2D eigenvalue weighted by atomic mass is 35.5. The van der Waals surface area contributed by atoms with Crippen LogP contribution in [0.15, 0.2) is 55.4 Å². The number of anilines is 1. The van der Waals surface area contributed by atoms with Gasteiger partial charge in [0, 0.05) is 30.6 Å². The van der Waals surface area contributed by atoms with Crippen LogP contribution in [0.5, 0.6) is 17.2 Å². The maximum absolute atomic E-state index is 7.13. The van der Waals surface area contributed by atoms with E-state index >= 15 is 0 Å². The van der Waals surface area contributed by atoms with Crippen molar-refractivity contribution in [3.63, 3.8) is 0 Å². The highest BCUT2D eigenvalue weighted by molar-refractivity contribution is 6.42. The minimum absolute atomic E-state index is 0.191. The molecule has 2 N–H and O–H groups in total. The fraction of sp³-hybridized carbons (Fsp3) is 0.259. The predicted octanol–water partition coefficient (Wildman–Crippen LogP) is 7.11. The highest BCUT2D eigenvalue weighted by Gasteiger charge is 2.30. The summed E-state index contributed by atoms with van der Waals surface area (Å²) >= 11 is 19.3. The Morgan fingerprint density at radius 1 is 1.14 bits per heavy atom. The lowest BCUT2D eigenvalue weighted by Crippen LogP contribution is -2.35. The third kappa shape index (κ3) is 4.97. The molecule has 3 heterocycles. The van der Waals surface area contributed by atoms with Crippen LogP contribution in [0.1, 0.15) is 24.5 Å². The normalized spacial score (nSPS) is 16.2. The number of benzene rings is 2. The number of piperidine rings is 1. The molecule has 37 heavy (non-hydrogen) atoms. The lowest BCUT2D eigenvalue weighted by Gasteiger charge is -2.31. The van der Waals surface area contributed by atoms with E-state index in [0.717, 1.165) is 49.3 Å². The molecule has 1 fully saturated rings. The molecule has 0 spiro atoms. The van der Waals surface area contributed by atoms with E-state index in [1.165, 1.54) is 6.33 Å². The predicted molar refractivity (Wildman–Crippen MR) is 150 cm³/mol. The average Bonchev–Trinajstić information content (AvgIpc) is 3.20. The molecular formula is C27H26Cl3N5O2. The van der Waals surface area contributed by atoms with Crippen molar-refractivity contribution in [3.05, 3.63) is 76.1 Å². The second-order valence-electron chi connectivity index (χ2n) is 8.91. The minimum atomic E-state index is 0.191. The summed E-state index contributed by atoms with van der Waals surface area (Å²) in [6.07, 6.45) is 5.46. The zero-order valence-corrected chi connectivity index (χ0v) is 22.5. The van der Waals surface area contributed by atoms with E-state index in [1.54, 1.807) is 25.3 Å². The molecule has 1 unspecified atom stereocenters. The SMILES string of the molecule is C=CCN1CCCC(c2c(Cl)c(-c3ccc(Oc4ccc(Cl)c(Cl)c4)c(OC)c3)c3c(N)ncnn23)C1. The number of nitrogens with zero attached hydrogens (tertiary/aromatic N) is 4. The van der Waals surface area contributed by atoms with Crippen LogP contribution >= 0.6 is 34.8 Å². The summed E-state index contributed by atoms with van der Waals surface area (Å²) in [5.41, 5.74) is 9.55. The van der Waals surface area contributed by atoms with E-state index in [9.17, 15) is 0 Å². The minimum Gasteiger partial charge on any atom is -0.493 e. The van der Waals surface area contributed by atoms with Gasteiger partial charge in [0.25, 0.3) is 0 Å². The van der Waals surface area contributed by atoms with E-state index in [1.807, 2.05) is 28.8 Å². The lowest BCUT2D eigenvalue weighted by atomic mass is 9.94. The first-order chi connectivity index (χ1) is 17.9. The first kappa shape index (κ1) is 25.7. The molecule has 0 radical (unpaired) electrons. The number of methoxy groups -OCH3 is 1. The highest BCUT2D eigenvalue weighted by Crippen LogP contribution is 2.45. The van der Waals surface area contributed by atoms with Gasteiger partial charge < -0.3 is 15.2 Å². The fourth-order valence-corrected chi connectivity index (χ4v) is 5.65. The van der Waals surface area contributed by atoms with Gasteiger partial charge in [-0.2, -0.15) is 5.10 Å². The van der Waals surface area contributed by atoms with E-state index in [-0.39, 0.29) is 5.92 Å². The van der Waals surface area contributed by atoms with Crippen LogP contribution < -0.4 is 15.2 Å². The van der Waals surface area contributed by atoms with Crippen molar-refractivity contribution in [3.8, 4) is 28.4 Å². The first-order valence-corrected chi connectivity index (χ1v) is 13.0. The van der Waals surface area contributed by atoms with Crippen molar-refractivity contribution < 1.29 is 9.47 Å². The molecule has 0 aliphatic carbocycles. The van der Waals surface area contributed by atoms with Crippen LogP contribution in [0.4, 0.5) is 5.82 Å². The van der Waals surface area contributed by atoms with Gasteiger partial charge in [-0.05, 0) is 49.2 Å². The van der Waals surface area contributed by atoms with Crippen LogP contribution in [-0.4, -0.2) is 46.2 Å². The molecule has 4 aromatic rings. The Balaban J connectivity index is 1.58.